The SMILES string of the molecule is N#Cc1cc2cc(Br)c(I)cc2[nH]1. The molecule has 0 atom stereocenters. The predicted octanol–water partition coefficient (Wildman–Crippen LogP) is 3.41. The molecule has 2 aromatic rings. The number of fused-ring (bicyclic) bond motifs is 1. The number of H-pyrrole nitrogens is 1. The lowest BCUT2D eigenvalue weighted by molar-refractivity contribution is 1.37. The van der Waals surface area contributed by atoms with Crippen molar-refractivity contribution < 1.29 is 0 Å². The van der Waals surface area contributed by atoms with Crippen molar-refractivity contribution in [3.8, 4) is 6.07 Å². The normalized spacial score (nSPS) is 10.2. The average Bonchev–Trinajstić information content (AvgIpc) is 2.48. The fraction of sp³-hybridized carbons (Fsp3) is 0. The molecule has 2 rings (SSSR count). The topological polar surface area (TPSA) is 39.6 Å². The predicted molar refractivity (Wildman–Crippen MR) is 63.4 cm³/mol. The van der Waals surface area contributed by atoms with Crippen LogP contribution in [0.1, 0.15) is 5.69 Å². The monoisotopic (exact) mass is 346 g/mol. The van der Waals surface area contributed by atoms with E-state index in [9.17, 15) is 0 Å². The van der Waals surface area contributed by atoms with Gasteiger partial charge in [0.15, 0.2) is 0 Å². The summed E-state index contributed by atoms with van der Waals surface area (Å²) in [6.07, 6.45) is 0. The Kier molecular flexibility index (Phi) is 2.30. The maximum Gasteiger partial charge on any atom is 0.118 e. The number of rotatable bonds is 0. The molecule has 1 N–H and O–H groups in total. The lowest BCUT2D eigenvalue weighted by Gasteiger charge is -1.95. The Morgan fingerprint density at radius 2 is 2.15 bits per heavy atom. The van der Waals surface area contributed by atoms with E-state index in [1.54, 1.807) is 0 Å². The summed E-state index contributed by atoms with van der Waals surface area (Å²) in [6, 6.07) is 7.95. The van der Waals surface area contributed by atoms with Crippen LogP contribution in [0.15, 0.2) is 22.7 Å². The second kappa shape index (κ2) is 3.31. The van der Waals surface area contributed by atoms with Crippen molar-refractivity contribution in [2.75, 3.05) is 0 Å². The smallest absolute Gasteiger partial charge is 0.118 e. The molecule has 1 aromatic heterocycles. The van der Waals surface area contributed by atoms with Crippen LogP contribution in [-0.2, 0) is 0 Å². The van der Waals surface area contributed by atoms with Crippen LogP contribution in [0.4, 0.5) is 0 Å². The fourth-order valence-electron chi connectivity index (χ4n) is 1.19. The number of nitrogens with one attached hydrogen (secondary N) is 1. The molecular weight excluding hydrogens is 343 g/mol. The second-order valence-electron chi connectivity index (χ2n) is 2.65. The van der Waals surface area contributed by atoms with Crippen LogP contribution in [0.3, 0.4) is 0 Å². The van der Waals surface area contributed by atoms with Crippen LogP contribution in [0.25, 0.3) is 10.9 Å². The van der Waals surface area contributed by atoms with Gasteiger partial charge >= 0.3 is 0 Å². The van der Waals surface area contributed by atoms with Gasteiger partial charge in [0.05, 0.1) is 0 Å². The van der Waals surface area contributed by atoms with Gasteiger partial charge in [-0.1, -0.05) is 0 Å². The van der Waals surface area contributed by atoms with Crippen molar-refractivity contribution in [2.24, 2.45) is 0 Å². The number of hydrogen-bond acceptors (Lipinski definition) is 1. The van der Waals surface area contributed by atoms with Crippen LogP contribution in [0.5, 0.6) is 0 Å². The first-order valence-corrected chi connectivity index (χ1v) is 5.46. The van der Waals surface area contributed by atoms with Crippen molar-refractivity contribution in [3.63, 3.8) is 0 Å². The summed E-state index contributed by atoms with van der Waals surface area (Å²) in [7, 11) is 0. The molecule has 0 saturated heterocycles. The van der Waals surface area contributed by atoms with Crippen LogP contribution < -0.4 is 0 Å². The molecule has 1 aromatic carbocycles. The van der Waals surface area contributed by atoms with Crippen molar-refractivity contribution in [1.82, 2.24) is 4.98 Å². The summed E-state index contributed by atoms with van der Waals surface area (Å²) in [5, 5.41) is 9.74. The van der Waals surface area contributed by atoms with E-state index in [1.165, 1.54) is 0 Å². The van der Waals surface area contributed by atoms with E-state index >= 15 is 0 Å². The number of nitrogens with zero attached hydrogens (tertiary/aromatic N) is 1. The summed E-state index contributed by atoms with van der Waals surface area (Å²) in [5.41, 5.74) is 1.60. The lowest BCUT2D eigenvalue weighted by atomic mass is 10.2. The Morgan fingerprint density at radius 3 is 2.85 bits per heavy atom. The van der Waals surface area contributed by atoms with Gasteiger partial charge < -0.3 is 4.98 Å². The molecule has 0 unspecified atom stereocenters. The number of benzene rings is 1. The van der Waals surface area contributed by atoms with Crippen molar-refractivity contribution in [3.05, 3.63) is 31.9 Å². The average molecular weight is 347 g/mol. The third-order valence-electron chi connectivity index (χ3n) is 1.78. The molecule has 0 aliphatic rings. The van der Waals surface area contributed by atoms with E-state index in [1.807, 2.05) is 18.2 Å². The molecule has 13 heavy (non-hydrogen) atoms. The summed E-state index contributed by atoms with van der Waals surface area (Å²) >= 11 is 5.69. The Hall–Kier alpha value is -0.540. The van der Waals surface area contributed by atoms with E-state index in [0.717, 1.165) is 18.9 Å². The minimum Gasteiger partial charge on any atom is -0.346 e. The largest absolute Gasteiger partial charge is 0.346 e. The van der Waals surface area contributed by atoms with E-state index in [4.69, 9.17) is 5.26 Å². The highest BCUT2D eigenvalue weighted by atomic mass is 127. The zero-order chi connectivity index (χ0) is 9.42. The third-order valence-corrected chi connectivity index (χ3v) is 4.07. The second-order valence-corrected chi connectivity index (χ2v) is 4.66. The summed E-state index contributed by atoms with van der Waals surface area (Å²) in [5.74, 6) is 0. The van der Waals surface area contributed by atoms with Crippen molar-refractivity contribution in [2.45, 2.75) is 0 Å². The van der Waals surface area contributed by atoms with E-state index in [0.29, 0.717) is 5.69 Å². The van der Waals surface area contributed by atoms with Gasteiger partial charge in [0, 0.05) is 18.9 Å². The van der Waals surface area contributed by atoms with Gasteiger partial charge in [0.1, 0.15) is 11.8 Å². The van der Waals surface area contributed by atoms with Crippen LogP contribution in [-0.4, -0.2) is 4.98 Å². The summed E-state index contributed by atoms with van der Waals surface area (Å²) < 4.78 is 2.19. The molecule has 0 aliphatic carbocycles. The van der Waals surface area contributed by atoms with E-state index < -0.39 is 0 Å². The molecular formula is C9H4BrIN2. The molecule has 4 heteroatoms. The quantitative estimate of drug-likeness (QED) is 0.729. The Labute approximate surface area is 97.2 Å². The molecule has 0 saturated carbocycles. The fourth-order valence-corrected chi connectivity index (χ4v) is 2.01. The van der Waals surface area contributed by atoms with Gasteiger partial charge in [-0.15, -0.1) is 0 Å². The van der Waals surface area contributed by atoms with E-state index in [-0.39, 0.29) is 0 Å². The number of nitriles is 1. The van der Waals surface area contributed by atoms with Gasteiger partial charge in [-0.3, -0.25) is 0 Å². The molecule has 0 fully saturated rings. The zero-order valence-electron chi connectivity index (χ0n) is 6.44. The number of aromatic nitrogens is 1. The van der Waals surface area contributed by atoms with Gasteiger partial charge in [0.25, 0.3) is 0 Å². The molecule has 0 amide bonds. The maximum absolute atomic E-state index is 8.68. The van der Waals surface area contributed by atoms with Gasteiger partial charge in [-0.2, -0.15) is 5.26 Å². The summed E-state index contributed by atoms with van der Waals surface area (Å²) in [6.45, 7) is 0. The highest BCUT2D eigenvalue weighted by Gasteiger charge is 2.03. The molecule has 1 heterocycles. The zero-order valence-corrected chi connectivity index (χ0v) is 10.2. The van der Waals surface area contributed by atoms with Gasteiger partial charge in [-0.05, 0) is 56.7 Å². The van der Waals surface area contributed by atoms with Gasteiger partial charge in [0.2, 0.25) is 0 Å². The van der Waals surface area contributed by atoms with Crippen LogP contribution in [0, 0.1) is 14.9 Å². The molecule has 0 bridgehead atoms. The standard InChI is InChI=1S/C9H4BrIN2/c10-7-2-5-1-6(4-12)13-9(5)3-8(7)11/h1-3,13H. The molecule has 64 valence electrons. The molecule has 0 aliphatic heterocycles. The highest BCUT2D eigenvalue weighted by Crippen LogP contribution is 2.25. The van der Waals surface area contributed by atoms with Gasteiger partial charge in [-0.25, -0.2) is 0 Å². The first-order chi connectivity index (χ1) is 6.20. The molecule has 0 radical (unpaired) electrons. The minimum atomic E-state index is 0.601. The first kappa shape index (κ1) is 9.03. The van der Waals surface area contributed by atoms with E-state index in [2.05, 4.69) is 49.6 Å². The maximum atomic E-state index is 8.68. The third kappa shape index (κ3) is 1.58. The number of hydrogen-bond donors (Lipinski definition) is 1. The number of halogens is 2. The number of aromatic amines is 1. The lowest BCUT2D eigenvalue weighted by Crippen LogP contribution is -1.75. The molecule has 2 nitrogen and oxygen atoms in total. The molecule has 0 spiro atoms. The Morgan fingerprint density at radius 1 is 1.38 bits per heavy atom. The van der Waals surface area contributed by atoms with Crippen LogP contribution in [0.2, 0.25) is 0 Å². The summed E-state index contributed by atoms with van der Waals surface area (Å²) in [4.78, 5) is 3.03. The highest BCUT2D eigenvalue weighted by molar-refractivity contribution is 14.1. The van der Waals surface area contributed by atoms with Crippen molar-refractivity contribution >= 4 is 49.4 Å². The Bertz CT molecular complexity index is 471. The Balaban J connectivity index is 2.79. The minimum absolute atomic E-state index is 0.601. The first-order valence-electron chi connectivity index (χ1n) is 3.58. The van der Waals surface area contributed by atoms with Crippen molar-refractivity contribution in [1.29, 1.82) is 5.26 Å². The van der Waals surface area contributed by atoms with Crippen LogP contribution >= 0.6 is 38.5 Å².